The van der Waals surface area contributed by atoms with Gasteiger partial charge in [-0.2, -0.15) is 0 Å². The van der Waals surface area contributed by atoms with Crippen molar-refractivity contribution in [3.05, 3.63) is 76.3 Å². The van der Waals surface area contributed by atoms with Gasteiger partial charge in [-0.25, -0.2) is 4.79 Å². The zero-order valence-electron chi connectivity index (χ0n) is 37.0. The summed E-state index contributed by atoms with van der Waals surface area (Å²) in [6.07, 6.45) is 6.06. The molecule has 2 aromatic carbocycles. The molecule has 2 fully saturated rings. The van der Waals surface area contributed by atoms with Crippen molar-refractivity contribution in [1.29, 1.82) is 0 Å². The Kier molecular flexibility index (Phi) is 18.3. The van der Waals surface area contributed by atoms with Crippen molar-refractivity contribution < 1.29 is 33.4 Å². The van der Waals surface area contributed by atoms with E-state index in [1.54, 1.807) is 38.1 Å². The highest BCUT2D eigenvalue weighted by atomic mass is 35.5. The largest absolute Gasteiger partial charge is 0.495 e. The van der Waals surface area contributed by atoms with Crippen molar-refractivity contribution in [1.82, 2.24) is 25.8 Å². The molecule has 0 aliphatic carbocycles. The number of carbonyl (C=O) groups excluding carboxylic acids is 4. The molecule has 3 heterocycles. The third-order valence-corrected chi connectivity index (χ3v) is 14.3. The summed E-state index contributed by atoms with van der Waals surface area (Å²) in [5, 5.41) is 9.64. The Morgan fingerprint density at radius 3 is 2.28 bits per heavy atom. The molecule has 0 radical (unpaired) electrons. The number of ether oxygens (including phenoxy) is 3. The smallest absolute Gasteiger partial charge is 0.328 e. The van der Waals surface area contributed by atoms with E-state index in [2.05, 4.69) is 63.2 Å². The molecule has 2 saturated heterocycles. The molecule has 3 aliphatic heterocycles. The summed E-state index contributed by atoms with van der Waals surface area (Å²) in [6, 6.07) is 11.9. The van der Waals surface area contributed by atoms with Crippen LogP contribution < -0.4 is 20.7 Å². The van der Waals surface area contributed by atoms with Crippen molar-refractivity contribution in [3.63, 3.8) is 0 Å². The maximum absolute atomic E-state index is 13.9. The molecule has 61 heavy (non-hydrogen) atoms. The first-order chi connectivity index (χ1) is 29.1. The van der Waals surface area contributed by atoms with Crippen LogP contribution in [-0.2, 0) is 41.6 Å². The van der Waals surface area contributed by atoms with Crippen LogP contribution in [0.5, 0.6) is 5.75 Å². The quantitative estimate of drug-likeness (QED) is 0.101. The molecule has 3 aliphatic rings. The number of methoxy groups -OCH3 is 1. The molecule has 336 valence electrons. The van der Waals surface area contributed by atoms with Crippen LogP contribution in [0.25, 0.3) is 0 Å². The van der Waals surface area contributed by atoms with E-state index in [9.17, 15) is 19.2 Å². The van der Waals surface area contributed by atoms with Crippen molar-refractivity contribution in [3.8, 4) is 5.75 Å². The zero-order chi connectivity index (χ0) is 44.3. The Hall–Kier alpha value is -3.27. The molecule has 0 saturated carbocycles. The van der Waals surface area contributed by atoms with Crippen LogP contribution in [0.2, 0.25) is 5.02 Å². The minimum atomic E-state index is -1.10. The molecular formula is C46H66ClN5O7S2. The highest BCUT2D eigenvalue weighted by Gasteiger charge is 2.48. The van der Waals surface area contributed by atoms with Crippen LogP contribution in [0.1, 0.15) is 83.6 Å². The molecule has 3 amide bonds. The fourth-order valence-corrected chi connectivity index (χ4v) is 9.87. The van der Waals surface area contributed by atoms with Gasteiger partial charge in [0.05, 0.1) is 23.7 Å². The van der Waals surface area contributed by atoms with Gasteiger partial charge in [0, 0.05) is 63.3 Å². The van der Waals surface area contributed by atoms with Crippen LogP contribution >= 0.6 is 33.2 Å². The van der Waals surface area contributed by atoms with E-state index in [0.29, 0.717) is 28.0 Å². The predicted molar refractivity (Wildman–Crippen MR) is 246 cm³/mol. The lowest BCUT2D eigenvalue weighted by atomic mass is 9.90. The second-order valence-electron chi connectivity index (χ2n) is 17.7. The third-order valence-electron chi connectivity index (χ3n) is 11.7. The molecule has 2 aromatic rings. The first-order valence-corrected chi connectivity index (χ1v) is 24.5. The highest BCUT2D eigenvalue weighted by Crippen LogP contribution is 2.45. The van der Waals surface area contributed by atoms with Crippen LogP contribution in [0.3, 0.4) is 0 Å². The highest BCUT2D eigenvalue weighted by molar-refractivity contribution is 8.76. The lowest BCUT2D eigenvalue weighted by Crippen LogP contribution is -2.54. The van der Waals surface area contributed by atoms with Crippen molar-refractivity contribution in [2.45, 2.75) is 109 Å². The number of cyclic esters (lactones) is 1. The summed E-state index contributed by atoms with van der Waals surface area (Å²) < 4.78 is 17.8. The molecule has 7 atom stereocenters. The molecule has 0 aromatic heterocycles. The van der Waals surface area contributed by atoms with Crippen molar-refractivity contribution >= 4 is 56.9 Å². The maximum atomic E-state index is 13.9. The van der Waals surface area contributed by atoms with Crippen LogP contribution in [0, 0.1) is 17.3 Å². The summed E-state index contributed by atoms with van der Waals surface area (Å²) in [4.78, 5) is 59.8. The number of nitrogens with one attached hydrogen (secondary N) is 3. The van der Waals surface area contributed by atoms with Gasteiger partial charge in [-0.15, -0.1) is 0 Å². The zero-order valence-corrected chi connectivity index (χ0v) is 39.4. The summed E-state index contributed by atoms with van der Waals surface area (Å²) in [6.45, 7) is 18.0. The summed E-state index contributed by atoms with van der Waals surface area (Å²) in [5.74, 6) is -1.59. The molecule has 3 N–H and O–H groups in total. The second kappa shape index (κ2) is 22.9. The maximum Gasteiger partial charge on any atom is 0.328 e. The van der Waals surface area contributed by atoms with Gasteiger partial charge < -0.3 is 35.1 Å². The molecule has 15 heteroatoms. The Balaban J connectivity index is 1.27. The van der Waals surface area contributed by atoms with E-state index in [1.807, 2.05) is 42.4 Å². The average Bonchev–Trinajstić information content (AvgIpc) is 4.02. The van der Waals surface area contributed by atoms with Gasteiger partial charge in [0.2, 0.25) is 17.7 Å². The normalized spacial score (nSPS) is 26.1. The van der Waals surface area contributed by atoms with Gasteiger partial charge in [-0.05, 0) is 80.3 Å². The van der Waals surface area contributed by atoms with Gasteiger partial charge in [0.25, 0.3) is 0 Å². The Labute approximate surface area is 375 Å². The van der Waals surface area contributed by atoms with E-state index in [4.69, 9.17) is 25.8 Å². The number of rotatable bonds is 15. The predicted octanol–water partition coefficient (Wildman–Crippen LogP) is 6.60. The number of halogens is 1. The van der Waals surface area contributed by atoms with E-state index in [1.165, 1.54) is 25.2 Å². The van der Waals surface area contributed by atoms with Gasteiger partial charge in [-0.1, -0.05) is 97.3 Å². The van der Waals surface area contributed by atoms with Crippen molar-refractivity contribution in [2.75, 3.05) is 52.6 Å². The number of nitrogens with zero attached hydrogens (tertiary/aromatic N) is 2. The Morgan fingerprint density at radius 2 is 1.62 bits per heavy atom. The lowest BCUT2D eigenvalue weighted by molar-refractivity contribution is -0.157. The number of epoxide rings is 1. The number of carbonyl (C=O) groups is 4. The minimum absolute atomic E-state index is 0.0394. The minimum Gasteiger partial charge on any atom is -0.495 e. The second-order valence-corrected chi connectivity index (χ2v) is 21.0. The molecule has 0 bridgehead atoms. The third kappa shape index (κ3) is 14.6. The number of benzene rings is 2. The number of hydrogen-bond donors (Lipinski definition) is 3. The number of hydrogen-bond acceptors (Lipinski definition) is 11. The topological polar surface area (TPSA) is 142 Å². The summed E-state index contributed by atoms with van der Waals surface area (Å²) in [7, 11) is 5.32. The van der Waals surface area contributed by atoms with Crippen LogP contribution in [-0.4, -0.2) is 116 Å². The Bertz CT molecular complexity index is 1820. The summed E-state index contributed by atoms with van der Waals surface area (Å²) >= 11 is 6.38. The fraction of sp³-hybridized carbons (Fsp3) is 0.609. The van der Waals surface area contributed by atoms with Crippen molar-refractivity contribution in [2.24, 2.45) is 17.3 Å². The number of esters is 1. The standard InChI is InChI=1S/C46H66ClN5O7S2/c1-29(2)24-37-44(55)58-38(31(4)41-42(59-41)34-15-12-32(13-16-34)27-52-22-20-51(21-23-52)19-18-30(3)61-60-8)10-9-11-40(53)49-36(26-33-14-17-39(57-7)35(47)25-33)43(54)48-28-46(5,6)45(56)50-37/h9,11-17,25,29-31,36-38,41-42H,10,18-24,26-28H2,1-8H3,(H,48,54)(H,49,53)(H,50,56)/b11-9+/t30-,31-,36+,37-,38-,41+,42+/m0/s1. The number of piperazine rings is 1. The molecule has 0 spiro atoms. The van der Waals surface area contributed by atoms with E-state index < -0.39 is 47.3 Å². The molecular weight excluding hydrogens is 834 g/mol. The molecule has 12 nitrogen and oxygen atoms in total. The molecule has 0 unspecified atom stereocenters. The van der Waals surface area contributed by atoms with Gasteiger partial charge in [-0.3, -0.25) is 19.3 Å². The monoisotopic (exact) mass is 899 g/mol. The van der Waals surface area contributed by atoms with Crippen LogP contribution in [0.15, 0.2) is 54.6 Å². The number of amides is 3. The Morgan fingerprint density at radius 1 is 0.934 bits per heavy atom. The SMILES string of the molecule is COc1ccc(C[C@H]2NC(=O)/C=C/C[C@@H]([C@H](C)[C@H]3O[C@@H]3c3ccc(CN4CCN(CC[C@H](C)SSC)CC4)cc3)OC(=O)[C@H](CC(C)C)NC(=O)C(C)(C)CNC2=O)cc1Cl. The van der Waals surface area contributed by atoms with Gasteiger partial charge in [0.15, 0.2) is 0 Å². The van der Waals surface area contributed by atoms with Crippen LogP contribution in [0.4, 0.5) is 0 Å². The fourth-order valence-electron chi connectivity index (χ4n) is 7.79. The van der Waals surface area contributed by atoms with E-state index >= 15 is 0 Å². The summed E-state index contributed by atoms with van der Waals surface area (Å²) in [5.41, 5.74) is 1.93. The lowest BCUT2D eigenvalue weighted by Gasteiger charge is -2.35. The van der Waals surface area contributed by atoms with Gasteiger partial charge in [0.1, 0.15) is 30.0 Å². The first kappa shape index (κ1) is 48.8. The molecule has 5 rings (SSSR count). The van der Waals surface area contributed by atoms with E-state index in [0.717, 1.165) is 44.8 Å². The van der Waals surface area contributed by atoms with E-state index in [-0.39, 0.29) is 43.4 Å². The first-order valence-electron chi connectivity index (χ1n) is 21.5. The van der Waals surface area contributed by atoms with Gasteiger partial charge >= 0.3 is 5.97 Å². The average molecular weight is 901 g/mol.